The number of carbonyl (C=O) groups excluding carboxylic acids is 1. The third kappa shape index (κ3) is 4.25. The molecule has 0 spiro atoms. The van der Waals surface area contributed by atoms with Gasteiger partial charge >= 0.3 is 0 Å². The summed E-state index contributed by atoms with van der Waals surface area (Å²) in [6.07, 6.45) is 1.74. The van der Waals surface area contributed by atoms with E-state index >= 15 is 0 Å². The molecule has 0 saturated carbocycles. The number of hydrogen-bond donors (Lipinski definition) is 0. The van der Waals surface area contributed by atoms with E-state index in [1.807, 2.05) is 61.5 Å². The highest BCUT2D eigenvalue weighted by Crippen LogP contribution is 2.17. The van der Waals surface area contributed by atoms with E-state index in [1.165, 1.54) is 0 Å². The number of aldehydes is 1. The molecule has 2 heteroatoms. The normalized spacial score (nSPS) is 11.8. The lowest BCUT2D eigenvalue weighted by Gasteiger charge is -2.09. The second kappa shape index (κ2) is 6.74. The first-order valence-electron chi connectivity index (χ1n) is 6.49. The van der Waals surface area contributed by atoms with Crippen LogP contribution >= 0.6 is 0 Å². The quantitative estimate of drug-likeness (QED) is 0.736. The SMILES string of the molecule is C[C@@H](C=O)Cc1cccc(OCc2ccccc2)c1. The number of rotatable bonds is 6. The first kappa shape index (κ1) is 13.3. The molecule has 0 fully saturated rings. The van der Waals surface area contributed by atoms with Crippen molar-refractivity contribution in [1.82, 2.24) is 0 Å². The van der Waals surface area contributed by atoms with Crippen LogP contribution < -0.4 is 4.74 Å². The highest BCUT2D eigenvalue weighted by molar-refractivity contribution is 5.53. The summed E-state index contributed by atoms with van der Waals surface area (Å²) >= 11 is 0. The molecule has 1 atom stereocenters. The molecule has 0 amide bonds. The Morgan fingerprint density at radius 2 is 1.79 bits per heavy atom. The standard InChI is InChI=1S/C17H18O2/c1-14(12-18)10-16-8-5-9-17(11-16)19-13-15-6-3-2-4-7-15/h2-9,11-12,14H,10,13H2,1H3/t14-/m1/s1. The van der Waals surface area contributed by atoms with Crippen LogP contribution in [0.3, 0.4) is 0 Å². The maximum Gasteiger partial charge on any atom is 0.123 e. The van der Waals surface area contributed by atoms with Crippen molar-refractivity contribution < 1.29 is 9.53 Å². The Bertz CT molecular complexity index is 520. The minimum Gasteiger partial charge on any atom is -0.489 e. The Balaban J connectivity index is 1.97. The fourth-order valence-electron chi connectivity index (χ4n) is 1.92. The second-order valence-electron chi connectivity index (χ2n) is 4.74. The fraction of sp³-hybridized carbons (Fsp3) is 0.235. The van der Waals surface area contributed by atoms with Crippen LogP contribution in [0.5, 0.6) is 5.75 Å². The summed E-state index contributed by atoms with van der Waals surface area (Å²) in [5.41, 5.74) is 2.28. The Morgan fingerprint density at radius 3 is 2.53 bits per heavy atom. The molecule has 0 bridgehead atoms. The maximum atomic E-state index is 10.7. The first-order valence-corrected chi connectivity index (χ1v) is 6.49. The summed E-state index contributed by atoms with van der Waals surface area (Å²) in [6.45, 7) is 2.48. The Kier molecular flexibility index (Phi) is 4.73. The van der Waals surface area contributed by atoms with Gasteiger partial charge in [-0.3, -0.25) is 0 Å². The van der Waals surface area contributed by atoms with E-state index in [9.17, 15) is 4.79 Å². The van der Waals surface area contributed by atoms with Crippen LogP contribution in [-0.2, 0) is 17.8 Å². The largest absolute Gasteiger partial charge is 0.489 e. The number of ether oxygens (including phenoxy) is 1. The topological polar surface area (TPSA) is 26.3 Å². The summed E-state index contributed by atoms with van der Waals surface area (Å²) in [5, 5.41) is 0. The minimum absolute atomic E-state index is 0.0457. The van der Waals surface area contributed by atoms with Crippen LogP contribution in [0.15, 0.2) is 54.6 Å². The molecule has 0 N–H and O–H groups in total. The molecule has 19 heavy (non-hydrogen) atoms. The predicted octanol–water partition coefficient (Wildman–Crippen LogP) is 3.64. The van der Waals surface area contributed by atoms with Crippen molar-refractivity contribution in [2.75, 3.05) is 0 Å². The molecule has 0 saturated heterocycles. The van der Waals surface area contributed by atoms with Crippen molar-refractivity contribution in [3.63, 3.8) is 0 Å². The molecule has 0 aliphatic carbocycles. The van der Waals surface area contributed by atoms with Gasteiger partial charge in [0.05, 0.1) is 0 Å². The van der Waals surface area contributed by atoms with E-state index in [0.29, 0.717) is 6.61 Å². The Hall–Kier alpha value is -2.09. The van der Waals surface area contributed by atoms with E-state index in [2.05, 4.69) is 0 Å². The van der Waals surface area contributed by atoms with Gasteiger partial charge in [0.15, 0.2) is 0 Å². The van der Waals surface area contributed by atoms with Gasteiger partial charge in [0, 0.05) is 5.92 Å². The van der Waals surface area contributed by atoms with Crippen LogP contribution in [0.25, 0.3) is 0 Å². The number of benzene rings is 2. The van der Waals surface area contributed by atoms with E-state index in [1.54, 1.807) is 0 Å². The molecular formula is C17H18O2. The molecule has 0 unspecified atom stereocenters. The molecular weight excluding hydrogens is 236 g/mol. The van der Waals surface area contributed by atoms with Gasteiger partial charge < -0.3 is 9.53 Å². The van der Waals surface area contributed by atoms with Crippen molar-refractivity contribution >= 4 is 6.29 Å². The molecule has 0 aliphatic rings. The molecule has 0 aromatic heterocycles. The van der Waals surface area contributed by atoms with Crippen LogP contribution in [0, 0.1) is 5.92 Å². The van der Waals surface area contributed by atoms with E-state index in [4.69, 9.17) is 4.74 Å². The molecule has 2 aromatic carbocycles. The average Bonchev–Trinajstić information content (AvgIpc) is 2.46. The van der Waals surface area contributed by atoms with Gasteiger partial charge in [-0.1, -0.05) is 49.4 Å². The summed E-state index contributed by atoms with van der Waals surface area (Å²) in [5.74, 6) is 0.892. The third-order valence-corrected chi connectivity index (χ3v) is 2.94. The molecule has 0 aliphatic heterocycles. The van der Waals surface area contributed by atoms with Crippen LogP contribution in [-0.4, -0.2) is 6.29 Å². The zero-order chi connectivity index (χ0) is 13.5. The molecule has 2 aromatic rings. The van der Waals surface area contributed by atoms with Gasteiger partial charge in [-0.2, -0.15) is 0 Å². The number of hydrogen-bond acceptors (Lipinski definition) is 2. The van der Waals surface area contributed by atoms with E-state index in [-0.39, 0.29) is 5.92 Å². The highest BCUT2D eigenvalue weighted by atomic mass is 16.5. The van der Waals surface area contributed by atoms with Crippen LogP contribution in [0.1, 0.15) is 18.1 Å². The van der Waals surface area contributed by atoms with Crippen molar-refractivity contribution in [1.29, 1.82) is 0 Å². The van der Waals surface area contributed by atoms with Crippen molar-refractivity contribution in [3.05, 3.63) is 65.7 Å². The zero-order valence-electron chi connectivity index (χ0n) is 11.1. The maximum absolute atomic E-state index is 10.7. The molecule has 2 rings (SSSR count). The van der Waals surface area contributed by atoms with E-state index in [0.717, 1.165) is 29.6 Å². The van der Waals surface area contributed by atoms with Crippen molar-refractivity contribution in [2.24, 2.45) is 5.92 Å². The van der Waals surface area contributed by atoms with Crippen molar-refractivity contribution in [3.8, 4) is 5.75 Å². The Morgan fingerprint density at radius 1 is 1.05 bits per heavy atom. The molecule has 2 nitrogen and oxygen atoms in total. The molecule has 0 heterocycles. The summed E-state index contributed by atoms with van der Waals surface area (Å²) in [6, 6.07) is 18.0. The summed E-state index contributed by atoms with van der Waals surface area (Å²) in [4.78, 5) is 10.7. The van der Waals surface area contributed by atoms with E-state index < -0.39 is 0 Å². The number of carbonyl (C=O) groups is 1. The second-order valence-corrected chi connectivity index (χ2v) is 4.74. The van der Waals surface area contributed by atoms with Gasteiger partial charge in [0.2, 0.25) is 0 Å². The van der Waals surface area contributed by atoms with Crippen molar-refractivity contribution in [2.45, 2.75) is 20.0 Å². The van der Waals surface area contributed by atoms with Crippen LogP contribution in [0.2, 0.25) is 0 Å². The van der Waals surface area contributed by atoms with Gasteiger partial charge in [-0.15, -0.1) is 0 Å². The summed E-state index contributed by atoms with van der Waals surface area (Å²) in [7, 11) is 0. The summed E-state index contributed by atoms with van der Waals surface area (Å²) < 4.78 is 5.76. The lowest BCUT2D eigenvalue weighted by molar-refractivity contribution is -0.110. The monoisotopic (exact) mass is 254 g/mol. The molecule has 0 radical (unpaired) electrons. The highest BCUT2D eigenvalue weighted by Gasteiger charge is 2.03. The first-order chi connectivity index (χ1) is 9.28. The fourth-order valence-corrected chi connectivity index (χ4v) is 1.92. The third-order valence-electron chi connectivity index (χ3n) is 2.94. The predicted molar refractivity (Wildman–Crippen MR) is 76.1 cm³/mol. The Labute approximate surface area is 114 Å². The van der Waals surface area contributed by atoms with Gasteiger partial charge in [0.25, 0.3) is 0 Å². The minimum atomic E-state index is 0.0457. The lowest BCUT2D eigenvalue weighted by atomic mass is 10.0. The van der Waals surface area contributed by atoms with Gasteiger partial charge in [0.1, 0.15) is 18.6 Å². The van der Waals surface area contributed by atoms with Gasteiger partial charge in [-0.05, 0) is 29.7 Å². The molecule has 98 valence electrons. The zero-order valence-corrected chi connectivity index (χ0v) is 11.1. The smallest absolute Gasteiger partial charge is 0.123 e. The average molecular weight is 254 g/mol. The van der Waals surface area contributed by atoms with Gasteiger partial charge in [-0.25, -0.2) is 0 Å². The lowest BCUT2D eigenvalue weighted by Crippen LogP contribution is -2.01. The van der Waals surface area contributed by atoms with Crippen LogP contribution in [0.4, 0.5) is 0 Å².